The molecule has 0 saturated heterocycles. The van der Waals surface area contributed by atoms with E-state index in [1.54, 1.807) is 0 Å². The van der Waals surface area contributed by atoms with Gasteiger partial charge in [-0.1, -0.05) is 110 Å². The van der Waals surface area contributed by atoms with E-state index in [9.17, 15) is 0 Å². The summed E-state index contributed by atoms with van der Waals surface area (Å²) in [6, 6.07) is 10.4. The van der Waals surface area contributed by atoms with E-state index in [0.717, 1.165) is 42.0 Å². The van der Waals surface area contributed by atoms with Crippen LogP contribution in [0.3, 0.4) is 0 Å². The van der Waals surface area contributed by atoms with Crippen molar-refractivity contribution in [3.63, 3.8) is 0 Å². The molecule has 0 radical (unpaired) electrons. The SMILES string of the molecule is C=C/C=C(\C=C/N(/C=C(/NC/C=C\CNC)C1=C(C)/C(=C/C=C\C)C1)C(/C=C\C)=C/C1C=CC=C1)c1ccccc1. The molecule has 0 saturated carbocycles. The molecule has 3 heteroatoms. The van der Waals surface area contributed by atoms with Gasteiger partial charge in [0.25, 0.3) is 0 Å². The zero-order valence-corrected chi connectivity index (χ0v) is 25.1. The van der Waals surface area contributed by atoms with Gasteiger partial charge in [-0.2, -0.15) is 0 Å². The first-order valence-corrected chi connectivity index (χ1v) is 14.4. The molecule has 0 bridgehead atoms. The van der Waals surface area contributed by atoms with Crippen LogP contribution in [-0.4, -0.2) is 25.0 Å². The van der Waals surface area contributed by atoms with E-state index in [4.69, 9.17) is 0 Å². The van der Waals surface area contributed by atoms with E-state index < -0.39 is 0 Å². The number of hydrogen-bond donors (Lipinski definition) is 2. The van der Waals surface area contributed by atoms with Crippen LogP contribution in [0.4, 0.5) is 0 Å². The molecule has 0 heterocycles. The van der Waals surface area contributed by atoms with Crippen molar-refractivity contribution in [2.75, 3.05) is 20.1 Å². The molecule has 0 amide bonds. The fraction of sp³-hybridized carbons (Fsp3) is 0.211. The number of likely N-dealkylation sites (N-methyl/N-ethyl adjacent to an activating group) is 1. The Morgan fingerprint density at radius 3 is 2.44 bits per heavy atom. The average molecular weight is 544 g/mol. The third-order valence-electron chi connectivity index (χ3n) is 6.88. The lowest BCUT2D eigenvalue weighted by Gasteiger charge is -2.29. The van der Waals surface area contributed by atoms with E-state index in [-0.39, 0.29) is 5.92 Å². The zero-order chi connectivity index (χ0) is 29.3. The summed E-state index contributed by atoms with van der Waals surface area (Å²) >= 11 is 0. The molecule has 0 fully saturated rings. The molecule has 3 nitrogen and oxygen atoms in total. The van der Waals surface area contributed by atoms with Crippen molar-refractivity contribution in [1.29, 1.82) is 0 Å². The highest BCUT2D eigenvalue weighted by molar-refractivity contribution is 5.75. The molecule has 1 aromatic carbocycles. The van der Waals surface area contributed by atoms with Crippen molar-refractivity contribution in [2.45, 2.75) is 27.2 Å². The Morgan fingerprint density at radius 1 is 1.02 bits per heavy atom. The molecule has 0 spiro atoms. The fourth-order valence-electron chi connectivity index (χ4n) is 4.58. The van der Waals surface area contributed by atoms with Gasteiger partial charge < -0.3 is 15.5 Å². The van der Waals surface area contributed by atoms with Gasteiger partial charge >= 0.3 is 0 Å². The highest BCUT2D eigenvalue weighted by Gasteiger charge is 2.23. The lowest BCUT2D eigenvalue weighted by Crippen LogP contribution is -2.23. The van der Waals surface area contributed by atoms with Gasteiger partial charge in [-0.3, -0.25) is 0 Å². The summed E-state index contributed by atoms with van der Waals surface area (Å²) in [4.78, 5) is 2.23. The minimum atomic E-state index is 0.253. The van der Waals surface area contributed by atoms with Gasteiger partial charge in [0.05, 0.1) is 5.70 Å². The van der Waals surface area contributed by atoms with Gasteiger partial charge in [-0.15, -0.1) is 0 Å². The number of benzene rings is 1. The molecule has 212 valence electrons. The van der Waals surface area contributed by atoms with Crippen LogP contribution in [0.2, 0.25) is 0 Å². The summed E-state index contributed by atoms with van der Waals surface area (Å²) in [5.74, 6) is 0.253. The minimum absolute atomic E-state index is 0.253. The van der Waals surface area contributed by atoms with Crippen LogP contribution in [0.25, 0.3) is 5.57 Å². The predicted molar refractivity (Wildman–Crippen MR) is 180 cm³/mol. The largest absolute Gasteiger partial charge is 0.380 e. The Hall–Kier alpha value is -4.34. The summed E-state index contributed by atoms with van der Waals surface area (Å²) in [7, 11) is 1.96. The number of nitrogens with one attached hydrogen (secondary N) is 2. The molecular weight excluding hydrogens is 498 g/mol. The Morgan fingerprint density at radius 2 is 1.78 bits per heavy atom. The van der Waals surface area contributed by atoms with E-state index in [0.29, 0.717) is 0 Å². The van der Waals surface area contributed by atoms with E-state index >= 15 is 0 Å². The number of nitrogens with zero attached hydrogens (tertiary/aromatic N) is 1. The van der Waals surface area contributed by atoms with Crippen molar-refractivity contribution >= 4 is 5.57 Å². The van der Waals surface area contributed by atoms with E-state index in [1.165, 1.54) is 16.7 Å². The molecule has 0 unspecified atom stereocenters. The number of rotatable bonds is 15. The van der Waals surface area contributed by atoms with Crippen LogP contribution in [0, 0.1) is 5.92 Å². The van der Waals surface area contributed by atoms with Crippen molar-refractivity contribution in [3.8, 4) is 0 Å². The van der Waals surface area contributed by atoms with Gasteiger partial charge in [0.2, 0.25) is 0 Å². The normalized spacial score (nSPS) is 17.8. The highest BCUT2D eigenvalue weighted by Crippen LogP contribution is 2.38. The molecular formula is C38H45N3. The van der Waals surface area contributed by atoms with Crippen LogP contribution in [0.5, 0.6) is 0 Å². The van der Waals surface area contributed by atoms with Crippen molar-refractivity contribution in [1.82, 2.24) is 15.5 Å². The fourth-order valence-corrected chi connectivity index (χ4v) is 4.58. The Balaban J connectivity index is 2.10. The first kappa shape index (κ1) is 31.2. The molecule has 0 aliphatic heterocycles. The molecule has 2 aliphatic rings. The molecule has 3 rings (SSSR count). The summed E-state index contributed by atoms with van der Waals surface area (Å²) < 4.78 is 0. The average Bonchev–Trinajstić information content (AvgIpc) is 3.50. The standard InChI is InChI=1S/C38H45N3/c1-6-9-21-35-29-37(31(35)4)38(40-26-16-15-25-39-5)30-41(36(18-8-3)28-32-19-13-14-20-32)27-24-33(17-7-2)34-22-11-10-12-23-34/h6-24,27-28,30,32,39-40H,2,25-26,29H2,1,3-5H3/b9-6-,16-15-,18-8-,27-24-,33-17+,35-21+,36-28+,38-30+. The van der Waals surface area contributed by atoms with Gasteiger partial charge in [0.1, 0.15) is 0 Å². The van der Waals surface area contributed by atoms with Crippen LogP contribution in [0.1, 0.15) is 32.8 Å². The van der Waals surface area contributed by atoms with Crippen LogP contribution in [-0.2, 0) is 0 Å². The Kier molecular flexibility index (Phi) is 13.2. The van der Waals surface area contributed by atoms with Gasteiger partial charge in [0.15, 0.2) is 0 Å². The van der Waals surface area contributed by atoms with Crippen molar-refractivity contribution in [2.24, 2.45) is 5.92 Å². The molecule has 0 aromatic heterocycles. The molecule has 1 aromatic rings. The van der Waals surface area contributed by atoms with Gasteiger partial charge in [-0.05, 0) is 73.9 Å². The maximum atomic E-state index is 3.96. The second-order valence-electron chi connectivity index (χ2n) is 9.84. The first-order valence-electron chi connectivity index (χ1n) is 14.4. The van der Waals surface area contributed by atoms with Crippen LogP contribution in [0.15, 0.2) is 169 Å². The van der Waals surface area contributed by atoms with Gasteiger partial charge in [-0.25, -0.2) is 0 Å². The number of allylic oxidation sites excluding steroid dienone is 17. The third kappa shape index (κ3) is 9.66. The third-order valence-corrected chi connectivity index (χ3v) is 6.88. The summed E-state index contributed by atoms with van der Waals surface area (Å²) in [5, 5.41) is 6.88. The molecule has 2 N–H and O–H groups in total. The summed E-state index contributed by atoms with van der Waals surface area (Å²) in [6.07, 6.45) is 37.3. The van der Waals surface area contributed by atoms with Gasteiger partial charge in [0, 0.05) is 43.5 Å². The first-order chi connectivity index (χ1) is 20.1. The Bertz CT molecular complexity index is 1340. The van der Waals surface area contributed by atoms with Crippen LogP contribution < -0.4 is 10.6 Å². The summed E-state index contributed by atoms with van der Waals surface area (Å²) in [5.41, 5.74) is 8.52. The second-order valence-corrected chi connectivity index (χ2v) is 9.84. The second kappa shape index (κ2) is 17.4. The molecule has 0 atom stereocenters. The maximum absolute atomic E-state index is 3.96. The molecule has 2 aliphatic carbocycles. The number of hydrogen-bond acceptors (Lipinski definition) is 3. The Labute approximate surface area is 248 Å². The van der Waals surface area contributed by atoms with E-state index in [1.807, 2.05) is 19.2 Å². The van der Waals surface area contributed by atoms with Crippen molar-refractivity contribution < 1.29 is 0 Å². The topological polar surface area (TPSA) is 27.3 Å². The zero-order valence-electron chi connectivity index (χ0n) is 25.1. The van der Waals surface area contributed by atoms with Crippen molar-refractivity contribution in [3.05, 3.63) is 174 Å². The minimum Gasteiger partial charge on any atom is -0.380 e. The summed E-state index contributed by atoms with van der Waals surface area (Å²) in [6.45, 7) is 11.9. The lowest BCUT2D eigenvalue weighted by atomic mass is 9.81. The molecule has 41 heavy (non-hydrogen) atoms. The monoisotopic (exact) mass is 543 g/mol. The maximum Gasteiger partial charge on any atom is 0.0550 e. The lowest BCUT2D eigenvalue weighted by molar-refractivity contribution is 0.626. The smallest absolute Gasteiger partial charge is 0.0550 e. The van der Waals surface area contributed by atoms with Crippen LogP contribution >= 0.6 is 0 Å². The predicted octanol–water partition coefficient (Wildman–Crippen LogP) is 8.70. The quantitative estimate of drug-likeness (QED) is 0.171. The van der Waals surface area contributed by atoms with E-state index in [2.05, 4.69) is 165 Å². The highest BCUT2D eigenvalue weighted by atomic mass is 15.1.